The Morgan fingerprint density at radius 1 is 0.375 bits per heavy atom. The lowest BCUT2D eigenvalue weighted by Gasteiger charge is -2.14. The zero-order chi connectivity index (χ0) is 26.6. The fraction of sp³-hybridized carbons (Fsp3) is 0. The van der Waals surface area contributed by atoms with Crippen molar-refractivity contribution in [3.8, 4) is 39.4 Å². The van der Waals surface area contributed by atoms with Crippen LogP contribution in [-0.4, -0.2) is 0 Å². The highest BCUT2D eigenvalue weighted by Crippen LogP contribution is 2.40. The molecule has 0 unspecified atom stereocenters. The van der Waals surface area contributed by atoms with E-state index < -0.39 is 0 Å². The first-order valence-electron chi connectivity index (χ1n) is 13.6. The van der Waals surface area contributed by atoms with Gasteiger partial charge in [0.1, 0.15) is 0 Å². The number of nitrogens with zero attached hydrogens (tertiary/aromatic N) is 1. The van der Waals surface area contributed by atoms with Crippen LogP contribution in [0.25, 0.3) is 76.5 Å². The lowest BCUT2D eigenvalue weighted by Crippen LogP contribution is -1.87. The minimum absolute atomic E-state index is 0.679. The van der Waals surface area contributed by atoms with Gasteiger partial charge in [0.15, 0.2) is 0 Å². The SMILES string of the molecule is N#Cc1ccc(-c2ccc(-c3ccc4cc(-c5ccc6ccc7cccc8ccc5c6c78)ccc4c3)cc2)cc1. The molecule has 0 radical (unpaired) electrons. The lowest BCUT2D eigenvalue weighted by atomic mass is 9.89. The molecule has 0 spiro atoms. The van der Waals surface area contributed by atoms with Gasteiger partial charge in [-0.05, 0) is 101 Å². The van der Waals surface area contributed by atoms with Gasteiger partial charge in [0.25, 0.3) is 0 Å². The summed E-state index contributed by atoms with van der Waals surface area (Å²) >= 11 is 0. The number of benzene rings is 8. The van der Waals surface area contributed by atoms with Crippen molar-refractivity contribution in [1.82, 2.24) is 0 Å². The summed E-state index contributed by atoms with van der Waals surface area (Å²) in [4.78, 5) is 0. The van der Waals surface area contributed by atoms with E-state index in [1.54, 1.807) is 0 Å². The Bertz CT molecular complexity index is 2230. The van der Waals surface area contributed by atoms with Gasteiger partial charge in [-0.3, -0.25) is 0 Å². The molecule has 8 rings (SSSR count). The fourth-order valence-electron chi connectivity index (χ4n) is 6.17. The van der Waals surface area contributed by atoms with E-state index in [1.807, 2.05) is 24.3 Å². The fourth-order valence-corrected chi connectivity index (χ4v) is 6.17. The van der Waals surface area contributed by atoms with E-state index in [0.29, 0.717) is 5.56 Å². The predicted octanol–water partition coefficient (Wildman–Crippen LogP) is 10.6. The molecule has 0 atom stereocenters. The third-order valence-electron chi connectivity index (χ3n) is 8.25. The maximum Gasteiger partial charge on any atom is 0.0991 e. The second-order valence-corrected chi connectivity index (χ2v) is 10.5. The molecule has 0 heterocycles. The molecular weight excluding hydrogens is 482 g/mol. The van der Waals surface area contributed by atoms with Crippen LogP contribution in [0.2, 0.25) is 0 Å². The highest BCUT2D eigenvalue weighted by Gasteiger charge is 2.12. The monoisotopic (exact) mass is 505 g/mol. The van der Waals surface area contributed by atoms with Crippen molar-refractivity contribution in [3.05, 3.63) is 145 Å². The highest BCUT2D eigenvalue weighted by atomic mass is 14.2. The van der Waals surface area contributed by atoms with Crippen LogP contribution >= 0.6 is 0 Å². The first-order chi connectivity index (χ1) is 19.7. The molecule has 0 bridgehead atoms. The summed E-state index contributed by atoms with van der Waals surface area (Å²) in [6.45, 7) is 0. The first-order valence-corrected chi connectivity index (χ1v) is 13.6. The lowest BCUT2D eigenvalue weighted by molar-refractivity contribution is 1.48. The van der Waals surface area contributed by atoms with Crippen molar-refractivity contribution in [2.45, 2.75) is 0 Å². The molecular formula is C39H23N. The van der Waals surface area contributed by atoms with Crippen molar-refractivity contribution in [2.75, 3.05) is 0 Å². The van der Waals surface area contributed by atoms with E-state index in [1.165, 1.54) is 65.3 Å². The Kier molecular flexibility index (Phi) is 4.96. The quantitative estimate of drug-likeness (QED) is 0.219. The molecule has 0 aliphatic heterocycles. The molecule has 1 heteroatoms. The predicted molar refractivity (Wildman–Crippen MR) is 169 cm³/mol. The number of fused-ring (bicyclic) bond motifs is 1. The summed E-state index contributed by atoms with van der Waals surface area (Å²) < 4.78 is 0. The van der Waals surface area contributed by atoms with Crippen LogP contribution in [0.4, 0.5) is 0 Å². The van der Waals surface area contributed by atoms with Gasteiger partial charge in [-0.25, -0.2) is 0 Å². The Labute approximate surface area is 232 Å². The standard InChI is InChI=1S/C39H23N/c40-24-25-4-6-26(7-5-25)27-8-10-28(11-9-27)32-14-15-34-23-35(17-16-33(34)22-32)36-20-18-31-13-12-29-2-1-3-30-19-21-37(36)39(31)38(29)30/h1-23H. The largest absolute Gasteiger partial charge is 0.192 e. The number of hydrogen-bond donors (Lipinski definition) is 0. The van der Waals surface area contributed by atoms with Crippen LogP contribution < -0.4 is 0 Å². The summed E-state index contributed by atoms with van der Waals surface area (Å²) in [5.41, 5.74) is 7.85. The third-order valence-corrected chi connectivity index (χ3v) is 8.25. The van der Waals surface area contributed by atoms with Crippen molar-refractivity contribution < 1.29 is 0 Å². The second kappa shape index (κ2) is 8.80. The summed E-state index contributed by atoms with van der Waals surface area (Å²) in [5, 5.41) is 19.4. The average molecular weight is 506 g/mol. The van der Waals surface area contributed by atoms with E-state index >= 15 is 0 Å². The number of rotatable bonds is 3. The summed E-state index contributed by atoms with van der Waals surface area (Å²) in [5.74, 6) is 0. The second-order valence-electron chi connectivity index (χ2n) is 10.5. The van der Waals surface area contributed by atoms with Crippen molar-refractivity contribution in [3.63, 3.8) is 0 Å². The molecule has 0 N–H and O–H groups in total. The molecule has 8 aromatic carbocycles. The topological polar surface area (TPSA) is 23.8 Å². The Morgan fingerprint density at radius 2 is 0.850 bits per heavy atom. The Hall–Kier alpha value is -5.45. The maximum atomic E-state index is 9.06. The van der Waals surface area contributed by atoms with E-state index in [-0.39, 0.29) is 0 Å². The van der Waals surface area contributed by atoms with Crippen molar-refractivity contribution in [2.24, 2.45) is 0 Å². The van der Waals surface area contributed by atoms with Gasteiger partial charge in [0, 0.05) is 0 Å². The molecule has 0 aromatic heterocycles. The molecule has 8 aromatic rings. The minimum Gasteiger partial charge on any atom is -0.192 e. The van der Waals surface area contributed by atoms with Crippen molar-refractivity contribution >= 4 is 43.1 Å². The van der Waals surface area contributed by atoms with Crippen LogP contribution in [-0.2, 0) is 0 Å². The molecule has 1 nitrogen and oxygen atoms in total. The number of nitriles is 1. The van der Waals surface area contributed by atoms with Gasteiger partial charge >= 0.3 is 0 Å². The molecule has 184 valence electrons. The molecule has 0 aliphatic carbocycles. The van der Waals surface area contributed by atoms with Gasteiger partial charge in [0.05, 0.1) is 11.6 Å². The normalized spacial score (nSPS) is 11.5. The minimum atomic E-state index is 0.679. The van der Waals surface area contributed by atoms with Gasteiger partial charge in [-0.1, -0.05) is 115 Å². The smallest absolute Gasteiger partial charge is 0.0991 e. The molecule has 0 saturated carbocycles. The van der Waals surface area contributed by atoms with Gasteiger partial charge < -0.3 is 0 Å². The molecule has 40 heavy (non-hydrogen) atoms. The summed E-state index contributed by atoms with van der Waals surface area (Å²) in [6.07, 6.45) is 0. The van der Waals surface area contributed by atoms with Gasteiger partial charge in [0.2, 0.25) is 0 Å². The van der Waals surface area contributed by atoms with Crippen LogP contribution in [0.15, 0.2) is 140 Å². The van der Waals surface area contributed by atoms with Gasteiger partial charge in [-0.2, -0.15) is 5.26 Å². The average Bonchev–Trinajstić information content (AvgIpc) is 3.03. The van der Waals surface area contributed by atoms with E-state index in [4.69, 9.17) is 5.26 Å². The summed E-state index contributed by atoms with van der Waals surface area (Å²) in [7, 11) is 0. The Morgan fingerprint density at radius 3 is 1.52 bits per heavy atom. The first kappa shape index (κ1) is 22.5. The van der Waals surface area contributed by atoms with E-state index in [9.17, 15) is 0 Å². The highest BCUT2D eigenvalue weighted by molar-refractivity contribution is 6.25. The van der Waals surface area contributed by atoms with E-state index in [0.717, 1.165) is 11.1 Å². The zero-order valence-corrected chi connectivity index (χ0v) is 21.7. The van der Waals surface area contributed by atoms with Crippen LogP contribution in [0.1, 0.15) is 5.56 Å². The molecule has 0 aliphatic rings. The molecule has 0 saturated heterocycles. The van der Waals surface area contributed by atoms with E-state index in [2.05, 4.69) is 121 Å². The number of hydrogen-bond acceptors (Lipinski definition) is 1. The summed E-state index contributed by atoms with van der Waals surface area (Å²) in [6, 6.07) is 52.2. The van der Waals surface area contributed by atoms with Gasteiger partial charge in [-0.15, -0.1) is 0 Å². The van der Waals surface area contributed by atoms with Crippen molar-refractivity contribution in [1.29, 1.82) is 5.26 Å². The van der Waals surface area contributed by atoms with Crippen LogP contribution in [0.5, 0.6) is 0 Å². The zero-order valence-electron chi connectivity index (χ0n) is 21.7. The molecule has 0 fully saturated rings. The third kappa shape index (κ3) is 3.55. The van der Waals surface area contributed by atoms with Crippen LogP contribution in [0.3, 0.4) is 0 Å². The maximum absolute atomic E-state index is 9.06. The Balaban J connectivity index is 1.17. The van der Waals surface area contributed by atoms with Crippen LogP contribution in [0, 0.1) is 11.3 Å². The molecule has 0 amide bonds.